The van der Waals surface area contributed by atoms with Crippen LogP contribution in [0.2, 0.25) is 0 Å². The first-order valence-corrected chi connectivity index (χ1v) is 6.38. The zero-order valence-electron chi connectivity index (χ0n) is 11.6. The molecule has 2 N–H and O–H groups in total. The summed E-state index contributed by atoms with van der Waals surface area (Å²) in [5, 5.41) is 0. The summed E-state index contributed by atoms with van der Waals surface area (Å²) in [6.45, 7) is 0.636. The fourth-order valence-corrected chi connectivity index (χ4v) is 1.65. The average molecular weight is 299 g/mol. The van der Waals surface area contributed by atoms with Gasteiger partial charge in [0.05, 0.1) is 6.54 Å². The van der Waals surface area contributed by atoms with Crippen LogP contribution in [0, 0.1) is 11.8 Å². The van der Waals surface area contributed by atoms with Gasteiger partial charge in [0.15, 0.2) is 0 Å². The Kier molecular flexibility index (Phi) is 6.18. The molecule has 0 saturated carbocycles. The zero-order chi connectivity index (χ0) is 15.9. The predicted octanol–water partition coefficient (Wildman–Crippen LogP) is 1.81. The second-order valence-electron chi connectivity index (χ2n) is 4.28. The largest absolute Gasteiger partial charge is 0.406 e. The molecular weight excluding hydrogens is 283 g/mol. The molecule has 0 bridgehead atoms. The quantitative estimate of drug-likeness (QED) is 0.863. The van der Waals surface area contributed by atoms with E-state index < -0.39 is 18.6 Å². The Morgan fingerprint density at radius 2 is 2.14 bits per heavy atom. The van der Waals surface area contributed by atoms with Gasteiger partial charge >= 0.3 is 6.18 Å². The third-order valence-corrected chi connectivity index (χ3v) is 2.47. The molecular formula is C14H16F3N3O. The molecule has 0 radical (unpaired) electrons. The number of pyridine rings is 1. The number of amides is 1. The summed E-state index contributed by atoms with van der Waals surface area (Å²) in [6.07, 6.45) is -2.66. The maximum absolute atomic E-state index is 12.5. The Bertz CT molecular complexity index is 529. The van der Waals surface area contributed by atoms with Crippen LogP contribution in [0.3, 0.4) is 0 Å². The third-order valence-electron chi connectivity index (χ3n) is 2.47. The van der Waals surface area contributed by atoms with E-state index in [9.17, 15) is 18.0 Å². The first-order chi connectivity index (χ1) is 9.87. The Morgan fingerprint density at radius 1 is 1.43 bits per heavy atom. The minimum atomic E-state index is -4.43. The molecule has 1 aromatic heterocycles. The van der Waals surface area contributed by atoms with E-state index in [4.69, 9.17) is 5.73 Å². The van der Waals surface area contributed by atoms with Gasteiger partial charge in [0.2, 0.25) is 0 Å². The lowest BCUT2D eigenvalue weighted by molar-refractivity contribution is -0.140. The molecule has 0 spiro atoms. The predicted molar refractivity (Wildman–Crippen MR) is 72.4 cm³/mol. The smallest absolute Gasteiger partial charge is 0.328 e. The number of nitrogens with zero attached hydrogens (tertiary/aromatic N) is 2. The van der Waals surface area contributed by atoms with E-state index in [1.165, 1.54) is 18.3 Å². The van der Waals surface area contributed by atoms with Crippen molar-refractivity contribution in [1.29, 1.82) is 0 Å². The van der Waals surface area contributed by atoms with E-state index in [1.54, 1.807) is 6.92 Å². The SMILES string of the molecule is CCCN(CC(F)(F)F)C(=O)c1ccc(C#CCN)cn1. The van der Waals surface area contributed by atoms with Crippen LogP contribution in [0.15, 0.2) is 18.3 Å². The van der Waals surface area contributed by atoms with E-state index in [-0.39, 0.29) is 18.8 Å². The number of carbonyl (C=O) groups excluding carboxylic acids is 1. The van der Waals surface area contributed by atoms with Crippen molar-refractivity contribution < 1.29 is 18.0 Å². The van der Waals surface area contributed by atoms with Crippen LogP contribution in [-0.2, 0) is 0 Å². The molecule has 0 saturated heterocycles. The molecule has 4 nitrogen and oxygen atoms in total. The number of hydrogen-bond donors (Lipinski definition) is 1. The number of rotatable bonds is 4. The van der Waals surface area contributed by atoms with Crippen molar-refractivity contribution in [1.82, 2.24) is 9.88 Å². The number of aromatic nitrogens is 1. The maximum atomic E-state index is 12.5. The van der Waals surface area contributed by atoms with Gasteiger partial charge in [-0.3, -0.25) is 4.79 Å². The van der Waals surface area contributed by atoms with Crippen molar-refractivity contribution in [2.24, 2.45) is 5.73 Å². The Hall–Kier alpha value is -2.07. The third kappa shape index (κ3) is 5.83. The van der Waals surface area contributed by atoms with Crippen molar-refractivity contribution in [3.8, 4) is 11.8 Å². The monoisotopic (exact) mass is 299 g/mol. The van der Waals surface area contributed by atoms with Gasteiger partial charge in [0, 0.05) is 18.3 Å². The van der Waals surface area contributed by atoms with Crippen molar-refractivity contribution >= 4 is 5.91 Å². The molecule has 7 heteroatoms. The van der Waals surface area contributed by atoms with Crippen LogP contribution in [-0.4, -0.2) is 41.6 Å². The topological polar surface area (TPSA) is 59.2 Å². The molecule has 0 aliphatic rings. The van der Waals surface area contributed by atoms with Crippen LogP contribution < -0.4 is 5.73 Å². The molecule has 1 aromatic rings. The molecule has 0 aromatic carbocycles. The van der Waals surface area contributed by atoms with Crippen LogP contribution >= 0.6 is 0 Å². The van der Waals surface area contributed by atoms with Crippen LogP contribution in [0.1, 0.15) is 29.4 Å². The molecule has 21 heavy (non-hydrogen) atoms. The molecule has 0 unspecified atom stereocenters. The molecule has 0 atom stereocenters. The summed E-state index contributed by atoms with van der Waals surface area (Å²) in [5.41, 5.74) is 5.74. The van der Waals surface area contributed by atoms with E-state index in [0.717, 1.165) is 4.90 Å². The van der Waals surface area contributed by atoms with Crippen molar-refractivity contribution in [3.63, 3.8) is 0 Å². The molecule has 0 aliphatic carbocycles. The summed E-state index contributed by atoms with van der Waals surface area (Å²) >= 11 is 0. The zero-order valence-corrected chi connectivity index (χ0v) is 11.6. The minimum absolute atomic E-state index is 0.0226. The minimum Gasteiger partial charge on any atom is -0.328 e. The molecule has 114 valence electrons. The highest BCUT2D eigenvalue weighted by Gasteiger charge is 2.33. The number of carbonyl (C=O) groups is 1. The molecule has 1 heterocycles. The number of alkyl halides is 3. The number of nitrogens with two attached hydrogens (primary N) is 1. The average Bonchev–Trinajstić information content (AvgIpc) is 2.43. The Labute approximate surface area is 121 Å². The van der Waals surface area contributed by atoms with E-state index in [0.29, 0.717) is 12.0 Å². The lowest BCUT2D eigenvalue weighted by Gasteiger charge is -2.23. The van der Waals surface area contributed by atoms with Crippen molar-refractivity contribution in [2.75, 3.05) is 19.6 Å². The van der Waals surface area contributed by atoms with E-state index in [1.807, 2.05) is 0 Å². The number of hydrogen-bond acceptors (Lipinski definition) is 3. The molecule has 0 aliphatic heterocycles. The summed E-state index contributed by atoms with van der Waals surface area (Å²) in [4.78, 5) is 16.7. The number of halogens is 3. The molecule has 1 amide bonds. The first kappa shape index (κ1) is 17.0. The standard InChI is InChI=1S/C14H16F3N3O/c1-2-8-20(10-14(15,16)17)13(21)12-6-5-11(9-19-12)4-3-7-18/h5-6,9H,2,7-8,10,18H2,1H3. The summed E-state index contributed by atoms with van der Waals surface area (Å²) in [5.74, 6) is 4.60. The Balaban J connectivity index is 2.88. The molecule has 0 fully saturated rings. The van der Waals surface area contributed by atoms with E-state index >= 15 is 0 Å². The van der Waals surface area contributed by atoms with Gasteiger partial charge < -0.3 is 10.6 Å². The Morgan fingerprint density at radius 3 is 2.62 bits per heavy atom. The lowest BCUT2D eigenvalue weighted by atomic mass is 10.2. The fourth-order valence-electron chi connectivity index (χ4n) is 1.65. The van der Waals surface area contributed by atoms with Gasteiger partial charge in [0.25, 0.3) is 5.91 Å². The highest BCUT2D eigenvalue weighted by molar-refractivity contribution is 5.92. The van der Waals surface area contributed by atoms with E-state index in [2.05, 4.69) is 16.8 Å². The summed E-state index contributed by atoms with van der Waals surface area (Å²) < 4.78 is 37.4. The molecule has 1 rings (SSSR count). The van der Waals surface area contributed by atoms with Gasteiger partial charge in [0.1, 0.15) is 12.2 Å². The summed E-state index contributed by atoms with van der Waals surface area (Å²) in [6, 6.07) is 2.89. The fraction of sp³-hybridized carbons (Fsp3) is 0.429. The normalized spacial score (nSPS) is 10.7. The summed E-state index contributed by atoms with van der Waals surface area (Å²) in [7, 11) is 0. The van der Waals surface area contributed by atoms with Crippen LogP contribution in [0.25, 0.3) is 0 Å². The van der Waals surface area contributed by atoms with Gasteiger partial charge in [-0.1, -0.05) is 18.8 Å². The first-order valence-electron chi connectivity index (χ1n) is 6.38. The van der Waals surface area contributed by atoms with Gasteiger partial charge in [-0.15, -0.1) is 0 Å². The highest BCUT2D eigenvalue weighted by Crippen LogP contribution is 2.18. The highest BCUT2D eigenvalue weighted by atomic mass is 19.4. The second-order valence-corrected chi connectivity index (χ2v) is 4.28. The van der Waals surface area contributed by atoms with Crippen LogP contribution in [0.5, 0.6) is 0 Å². The van der Waals surface area contributed by atoms with Gasteiger partial charge in [-0.05, 0) is 18.6 Å². The maximum Gasteiger partial charge on any atom is 0.406 e. The van der Waals surface area contributed by atoms with Gasteiger partial charge in [-0.25, -0.2) is 4.98 Å². The van der Waals surface area contributed by atoms with Crippen LogP contribution in [0.4, 0.5) is 13.2 Å². The lowest BCUT2D eigenvalue weighted by Crippen LogP contribution is -2.39. The van der Waals surface area contributed by atoms with Crippen molar-refractivity contribution in [3.05, 3.63) is 29.6 Å². The second kappa shape index (κ2) is 7.64. The van der Waals surface area contributed by atoms with Gasteiger partial charge in [-0.2, -0.15) is 13.2 Å². The van der Waals surface area contributed by atoms with Crippen molar-refractivity contribution in [2.45, 2.75) is 19.5 Å².